The molecule has 1 atom stereocenters. The fourth-order valence-electron chi connectivity index (χ4n) is 5.27. The Morgan fingerprint density at radius 2 is 1.88 bits per heavy atom. The highest BCUT2D eigenvalue weighted by atomic mass is 32.2. The van der Waals surface area contributed by atoms with E-state index in [4.69, 9.17) is 15.9 Å². The van der Waals surface area contributed by atoms with Crippen LogP contribution in [0.4, 0.5) is 19.0 Å². The predicted molar refractivity (Wildman–Crippen MR) is 160 cm³/mol. The topological polar surface area (TPSA) is 95.2 Å². The Bertz CT molecular complexity index is 1700. The molecule has 2 aliphatic heterocycles. The van der Waals surface area contributed by atoms with E-state index in [1.54, 1.807) is 11.8 Å². The van der Waals surface area contributed by atoms with Crippen LogP contribution in [0.5, 0.6) is 0 Å². The highest BCUT2D eigenvalue weighted by Gasteiger charge is 2.43. The normalized spacial score (nSPS) is 19.4. The number of nitrogens with one attached hydrogen (secondary N) is 1. The SMILES string of the molecule is C#CO.C#Cc1c[nH]c(=O)c([C@]2(F)CCSC(C)(C)C2)c1.FC(F)c1nc(N2CCCC2)c2oc3ccccc3c2n1. The van der Waals surface area contributed by atoms with E-state index in [1.165, 1.54) is 18.4 Å². The van der Waals surface area contributed by atoms with Crippen LogP contribution in [0.15, 0.2) is 45.7 Å². The smallest absolute Gasteiger partial charge is 0.297 e. The van der Waals surface area contributed by atoms with E-state index in [9.17, 15) is 13.6 Å². The first kappa shape index (κ1) is 30.9. The van der Waals surface area contributed by atoms with Crippen LogP contribution in [0.2, 0.25) is 0 Å². The minimum atomic E-state index is -2.69. The first-order valence-corrected chi connectivity index (χ1v) is 14.3. The molecule has 3 aromatic heterocycles. The number of hydrogen-bond acceptors (Lipinski definition) is 7. The Hall–Kier alpha value is -4.09. The number of furan rings is 1. The molecule has 0 amide bonds. The zero-order chi connectivity index (χ0) is 30.5. The number of nitrogens with zero attached hydrogens (tertiary/aromatic N) is 3. The Labute approximate surface area is 245 Å². The lowest BCUT2D eigenvalue weighted by molar-refractivity contribution is 0.125. The summed E-state index contributed by atoms with van der Waals surface area (Å²) in [5.41, 5.74) is 0.354. The summed E-state index contributed by atoms with van der Waals surface area (Å²) in [4.78, 5) is 24.4. The third-order valence-corrected chi connectivity index (χ3v) is 8.40. The molecule has 0 saturated carbocycles. The van der Waals surface area contributed by atoms with Crippen molar-refractivity contribution in [3.05, 3.63) is 63.8 Å². The number of aliphatic hydroxyl groups is 1. The number of aliphatic hydroxyl groups excluding tert-OH is 1. The summed E-state index contributed by atoms with van der Waals surface area (Å²) in [5, 5.41) is 7.84. The van der Waals surface area contributed by atoms with Crippen molar-refractivity contribution in [3.63, 3.8) is 0 Å². The number of alkyl halides is 3. The lowest BCUT2D eigenvalue weighted by Gasteiger charge is -2.39. The van der Waals surface area contributed by atoms with E-state index < -0.39 is 17.9 Å². The monoisotopic (exact) mass is 596 g/mol. The minimum absolute atomic E-state index is 0.161. The maximum atomic E-state index is 15.1. The number of hydrogen-bond donors (Lipinski definition) is 2. The Kier molecular flexibility index (Phi) is 9.43. The van der Waals surface area contributed by atoms with Crippen molar-refractivity contribution in [2.45, 2.75) is 56.4 Å². The zero-order valence-corrected chi connectivity index (χ0v) is 24.1. The van der Waals surface area contributed by atoms with Crippen molar-refractivity contribution in [1.29, 1.82) is 0 Å². The van der Waals surface area contributed by atoms with Gasteiger partial charge in [-0.2, -0.15) is 11.8 Å². The molecule has 0 unspecified atom stereocenters. The van der Waals surface area contributed by atoms with Crippen molar-refractivity contribution < 1.29 is 22.7 Å². The Morgan fingerprint density at radius 3 is 2.52 bits per heavy atom. The second-order valence-corrected chi connectivity index (χ2v) is 12.4. The summed E-state index contributed by atoms with van der Waals surface area (Å²) in [7, 11) is 0. The molecule has 5 heterocycles. The number of benzene rings is 1. The van der Waals surface area contributed by atoms with Crippen molar-refractivity contribution in [3.8, 4) is 24.9 Å². The lowest BCUT2D eigenvalue weighted by Crippen LogP contribution is -2.39. The average Bonchev–Trinajstić information content (AvgIpc) is 3.61. The van der Waals surface area contributed by atoms with Crippen LogP contribution in [0.25, 0.3) is 22.1 Å². The number of H-pyrrole nitrogens is 1. The van der Waals surface area contributed by atoms with E-state index in [0.29, 0.717) is 46.7 Å². The Morgan fingerprint density at radius 1 is 1.19 bits per heavy atom. The number of aromatic nitrogens is 3. The van der Waals surface area contributed by atoms with E-state index in [0.717, 1.165) is 31.3 Å². The third kappa shape index (κ3) is 6.69. The van der Waals surface area contributed by atoms with Crippen LogP contribution in [-0.2, 0) is 5.67 Å². The molecule has 11 heteroatoms. The van der Waals surface area contributed by atoms with Gasteiger partial charge in [-0.05, 0) is 43.2 Å². The molecule has 0 aliphatic carbocycles. The van der Waals surface area contributed by atoms with Gasteiger partial charge < -0.3 is 19.4 Å². The second kappa shape index (κ2) is 12.8. The van der Waals surface area contributed by atoms with Gasteiger partial charge in [-0.15, -0.1) is 6.42 Å². The van der Waals surface area contributed by atoms with Gasteiger partial charge in [0.2, 0.25) is 0 Å². The fraction of sp³-hybridized carbons (Fsp3) is 0.387. The predicted octanol–water partition coefficient (Wildman–Crippen LogP) is 6.69. The molecule has 2 N–H and O–H groups in total. The highest BCUT2D eigenvalue weighted by molar-refractivity contribution is 8.00. The molecule has 0 bridgehead atoms. The molecule has 0 radical (unpaired) electrons. The van der Waals surface area contributed by atoms with Crippen molar-refractivity contribution in [1.82, 2.24) is 15.0 Å². The lowest BCUT2D eigenvalue weighted by atomic mass is 9.84. The van der Waals surface area contributed by atoms with Crippen LogP contribution in [-0.4, -0.2) is 43.6 Å². The van der Waals surface area contributed by atoms with Gasteiger partial charge in [0.15, 0.2) is 17.2 Å². The second-order valence-electron chi connectivity index (χ2n) is 10.6. The molecule has 4 aromatic rings. The quantitative estimate of drug-likeness (QED) is 0.255. The highest BCUT2D eigenvalue weighted by Crippen LogP contribution is 2.47. The molecule has 1 aromatic carbocycles. The van der Waals surface area contributed by atoms with Crippen molar-refractivity contribution in [2.24, 2.45) is 0 Å². The van der Waals surface area contributed by atoms with Crippen molar-refractivity contribution in [2.75, 3.05) is 23.7 Å². The molecule has 2 aliphatic rings. The number of thioether (sulfide) groups is 1. The fourth-order valence-corrected chi connectivity index (χ4v) is 6.58. The van der Waals surface area contributed by atoms with Gasteiger partial charge >= 0.3 is 0 Å². The summed E-state index contributed by atoms with van der Waals surface area (Å²) in [5.74, 6) is 3.20. The molecule has 0 spiro atoms. The van der Waals surface area contributed by atoms with Crippen LogP contribution in [0.3, 0.4) is 0 Å². The maximum Gasteiger partial charge on any atom is 0.297 e. The summed E-state index contributed by atoms with van der Waals surface area (Å²) >= 11 is 1.74. The molecule has 7 nitrogen and oxygen atoms in total. The minimum Gasteiger partial charge on any atom is -0.462 e. The molecule has 2 saturated heterocycles. The molecular weight excluding hydrogens is 565 g/mol. The number of anilines is 1. The number of pyridine rings is 1. The standard InChI is InChI=1S/C15H13F2N3O.C14H16FNOS.C2H2O/c16-13(17)14-18-11-9-5-1-2-6-10(9)21-12(11)15(19-14)20-7-3-4-8-20;1-4-10-7-11(12(17)16-8-10)14(15)5-6-18-13(2,3)9-14;1-2-3/h1-2,5-6,13H,3-4,7-8H2;1,7-8H,5-6,9H2,2-3H3,(H,16,17);1,3H/t;14-;/m.0./s1. The zero-order valence-electron chi connectivity index (χ0n) is 23.3. The number of terminal acetylenes is 2. The van der Waals surface area contributed by atoms with Gasteiger partial charge in [0.05, 0.1) is 5.56 Å². The number of halogens is 3. The summed E-state index contributed by atoms with van der Waals surface area (Å²) in [6.07, 6.45) is 12.2. The van der Waals surface area contributed by atoms with Gasteiger partial charge in [0, 0.05) is 41.4 Å². The van der Waals surface area contributed by atoms with E-state index in [2.05, 4.69) is 27.3 Å². The Balaban J connectivity index is 0.000000179. The van der Waals surface area contributed by atoms with Gasteiger partial charge in [0.1, 0.15) is 22.9 Å². The van der Waals surface area contributed by atoms with E-state index in [1.807, 2.05) is 43.0 Å². The first-order valence-electron chi connectivity index (χ1n) is 13.4. The molecule has 6 rings (SSSR count). The number of aromatic amines is 1. The molecular formula is C31H31F3N4O3S. The van der Waals surface area contributed by atoms with Crippen LogP contribution >= 0.6 is 11.8 Å². The van der Waals surface area contributed by atoms with Gasteiger partial charge in [-0.25, -0.2) is 23.1 Å². The number of rotatable bonds is 3. The summed E-state index contributed by atoms with van der Waals surface area (Å²) in [6.45, 7) is 5.63. The number of fused-ring (bicyclic) bond motifs is 3. The number of para-hydroxylation sites is 1. The van der Waals surface area contributed by atoms with Crippen LogP contribution < -0.4 is 10.5 Å². The molecule has 220 valence electrons. The summed E-state index contributed by atoms with van der Waals surface area (Å²) < 4.78 is 46.9. The molecule has 42 heavy (non-hydrogen) atoms. The van der Waals surface area contributed by atoms with Gasteiger partial charge in [-0.1, -0.05) is 38.3 Å². The largest absolute Gasteiger partial charge is 0.462 e. The van der Waals surface area contributed by atoms with Crippen LogP contribution in [0.1, 0.15) is 62.9 Å². The van der Waals surface area contributed by atoms with E-state index >= 15 is 4.39 Å². The van der Waals surface area contributed by atoms with Gasteiger partial charge in [0.25, 0.3) is 12.0 Å². The maximum absolute atomic E-state index is 15.1. The summed E-state index contributed by atoms with van der Waals surface area (Å²) in [6, 6.07) is 8.84. The van der Waals surface area contributed by atoms with Gasteiger partial charge in [-0.3, -0.25) is 4.79 Å². The van der Waals surface area contributed by atoms with Crippen molar-refractivity contribution >= 4 is 39.6 Å². The van der Waals surface area contributed by atoms with Crippen LogP contribution in [0, 0.1) is 24.9 Å². The molecule has 2 fully saturated rings. The third-order valence-electron chi connectivity index (χ3n) is 7.07. The average molecular weight is 597 g/mol. The first-order chi connectivity index (χ1) is 20.0. The van der Waals surface area contributed by atoms with E-state index in [-0.39, 0.29) is 15.9 Å².